The number of alkyl halides is 3. The van der Waals surface area contributed by atoms with Crippen molar-refractivity contribution >= 4 is 21.2 Å². The van der Waals surface area contributed by atoms with Gasteiger partial charge >= 0.3 is 6.18 Å². The third kappa shape index (κ3) is 5.32. The van der Waals surface area contributed by atoms with E-state index in [2.05, 4.69) is 5.10 Å². The molecule has 0 heterocycles. The molecule has 2 aromatic rings. The van der Waals surface area contributed by atoms with Crippen molar-refractivity contribution in [1.82, 2.24) is 0 Å². The van der Waals surface area contributed by atoms with E-state index in [1.807, 2.05) is 31.2 Å². The Morgan fingerprint density at radius 2 is 1.58 bits per heavy atom. The monoisotopic (exact) mass is 384 g/mol. The molecule has 0 aliphatic rings. The summed E-state index contributed by atoms with van der Waals surface area (Å²) in [5.74, 6) is 0. The summed E-state index contributed by atoms with van der Waals surface area (Å²) >= 11 is 0. The molecule has 0 radical (unpaired) electrons. The lowest BCUT2D eigenvalue weighted by Gasteiger charge is -2.21. The second-order valence-electron chi connectivity index (χ2n) is 5.99. The molecule has 8 heteroatoms. The number of anilines is 1. The highest BCUT2D eigenvalue weighted by Gasteiger charge is 2.33. The van der Waals surface area contributed by atoms with E-state index in [0.29, 0.717) is 5.69 Å². The van der Waals surface area contributed by atoms with Crippen LogP contribution in [0.15, 0.2) is 58.5 Å². The molecule has 4 nitrogen and oxygen atoms in total. The molecule has 0 atom stereocenters. The van der Waals surface area contributed by atoms with Gasteiger partial charge in [-0.05, 0) is 43.7 Å². The Morgan fingerprint density at radius 1 is 1.04 bits per heavy atom. The van der Waals surface area contributed by atoms with Crippen molar-refractivity contribution in [1.29, 1.82) is 0 Å². The van der Waals surface area contributed by atoms with E-state index in [0.717, 1.165) is 24.3 Å². The Morgan fingerprint density at radius 3 is 2.04 bits per heavy atom. The molecule has 0 saturated carbocycles. The maximum absolute atomic E-state index is 12.9. The van der Waals surface area contributed by atoms with Crippen molar-refractivity contribution in [3.05, 3.63) is 59.7 Å². The molecule has 0 aliphatic carbocycles. The van der Waals surface area contributed by atoms with Crippen LogP contribution in [0.1, 0.15) is 18.1 Å². The zero-order valence-electron chi connectivity index (χ0n) is 14.6. The minimum Gasteiger partial charge on any atom is -0.261 e. The number of rotatable bonds is 5. The number of nitrogens with zero attached hydrogens (tertiary/aromatic N) is 2. The van der Waals surface area contributed by atoms with Crippen LogP contribution in [0.5, 0.6) is 0 Å². The predicted octanol–water partition coefficient (Wildman–Crippen LogP) is 4.34. The molecule has 0 unspecified atom stereocenters. The van der Waals surface area contributed by atoms with E-state index in [1.54, 1.807) is 0 Å². The van der Waals surface area contributed by atoms with Crippen molar-refractivity contribution in [2.45, 2.75) is 31.5 Å². The summed E-state index contributed by atoms with van der Waals surface area (Å²) in [5.41, 5.74) is 1.19. The maximum atomic E-state index is 12.9. The largest absolute Gasteiger partial charge is 0.430 e. The van der Waals surface area contributed by atoms with Crippen LogP contribution >= 0.6 is 0 Å². The van der Waals surface area contributed by atoms with Gasteiger partial charge in [0.25, 0.3) is 0 Å². The Bertz CT molecular complexity index is 888. The third-order valence-electron chi connectivity index (χ3n) is 3.70. The summed E-state index contributed by atoms with van der Waals surface area (Å²) < 4.78 is 61.8. The number of benzene rings is 2. The Kier molecular flexibility index (Phi) is 5.75. The summed E-state index contributed by atoms with van der Waals surface area (Å²) in [6, 6.07) is 12.9. The van der Waals surface area contributed by atoms with Crippen molar-refractivity contribution in [3.63, 3.8) is 0 Å². The van der Waals surface area contributed by atoms with Gasteiger partial charge in [-0.3, -0.25) is 5.01 Å². The van der Waals surface area contributed by atoms with E-state index in [-0.39, 0.29) is 11.4 Å². The summed E-state index contributed by atoms with van der Waals surface area (Å²) in [6.45, 7) is 2.93. The van der Waals surface area contributed by atoms with Crippen LogP contribution in [0.4, 0.5) is 18.9 Å². The third-order valence-corrected chi connectivity index (χ3v) is 4.83. The zero-order valence-corrected chi connectivity index (χ0v) is 15.4. The number of sulfone groups is 1. The quantitative estimate of drug-likeness (QED) is 0.569. The zero-order chi connectivity index (χ0) is 19.5. The first-order chi connectivity index (χ1) is 12.0. The molecule has 0 spiro atoms. The van der Waals surface area contributed by atoms with Crippen molar-refractivity contribution in [2.24, 2.45) is 5.10 Å². The average Bonchev–Trinajstić information content (AvgIpc) is 2.54. The Hall–Kier alpha value is -2.35. The standard InChI is InChI=1S/C18H19F3N2O2S/c1-13-4-6-15(7-5-13)12-23(22-14(2)18(19,20)21)16-8-10-17(11-9-16)26(3,24)25/h4-11H,12H2,1-3H3/b22-14+. The van der Waals surface area contributed by atoms with Crippen molar-refractivity contribution < 1.29 is 21.6 Å². The molecule has 0 N–H and O–H groups in total. The second kappa shape index (κ2) is 7.49. The smallest absolute Gasteiger partial charge is 0.261 e. The summed E-state index contributed by atoms with van der Waals surface area (Å²) in [5, 5.41) is 4.91. The highest BCUT2D eigenvalue weighted by atomic mass is 32.2. The maximum Gasteiger partial charge on any atom is 0.430 e. The second-order valence-corrected chi connectivity index (χ2v) is 8.01. The van der Waals surface area contributed by atoms with Crippen molar-refractivity contribution in [2.75, 3.05) is 11.3 Å². The molecule has 0 aromatic heterocycles. The van der Waals surface area contributed by atoms with E-state index in [4.69, 9.17) is 0 Å². The summed E-state index contributed by atoms with van der Waals surface area (Å²) in [7, 11) is -3.39. The van der Waals surface area contributed by atoms with Gasteiger partial charge in [0.2, 0.25) is 0 Å². The first-order valence-electron chi connectivity index (χ1n) is 7.72. The summed E-state index contributed by atoms with van der Waals surface area (Å²) in [6.07, 6.45) is -3.48. The molecule has 0 saturated heterocycles. The number of hydrogen-bond acceptors (Lipinski definition) is 4. The molecule has 26 heavy (non-hydrogen) atoms. The van der Waals surface area contributed by atoms with Gasteiger partial charge in [0.1, 0.15) is 5.71 Å². The topological polar surface area (TPSA) is 49.7 Å². The lowest BCUT2D eigenvalue weighted by atomic mass is 10.1. The van der Waals surface area contributed by atoms with Gasteiger partial charge in [-0.25, -0.2) is 8.42 Å². The van der Waals surface area contributed by atoms with Gasteiger partial charge in [0.05, 0.1) is 17.1 Å². The fourth-order valence-corrected chi connectivity index (χ4v) is 2.78. The molecule has 140 valence electrons. The van der Waals surface area contributed by atoms with Gasteiger partial charge < -0.3 is 0 Å². The number of hydrazone groups is 1. The Balaban J connectivity index is 2.41. The van der Waals surface area contributed by atoms with E-state index >= 15 is 0 Å². The molecule has 0 bridgehead atoms. The highest BCUT2D eigenvalue weighted by molar-refractivity contribution is 7.90. The van der Waals surface area contributed by atoms with Crippen molar-refractivity contribution in [3.8, 4) is 0 Å². The number of halogens is 3. The van der Waals surface area contributed by atoms with Crippen LogP contribution in [0.2, 0.25) is 0 Å². The number of hydrogen-bond donors (Lipinski definition) is 0. The lowest BCUT2D eigenvalue weighted by Crippen LogP contribution is -2.25. The Labute approximate surface area is 150 Å². The fourth-order valence-electron chi connectivity index (χ4n) is 2.15. The van der Waals surface area contributed by atoms with Crippen LogP contribution < -0.4 is 5.01 Å². The van der Waals surface area contributed by atoms with Gasteiger partial charge in [0, 0.05) is 6.26 Å². The minimum atomic E-state index is -4.54. The van der Waals surface area contributed by atoms with Crippen LogP contribution in [0, 0.1) is 6.92 Å². The molecule has 2 rings (SSSR count). The SMILES string of the molecule is C/C(=N\N(Cc1ccc(C)cc1)c1ccc(S(C)(=O)=O)cc1)C(F)(F)F. The van der Waals surface area contributed by atoms with Crippen LogP contribution in [0.25, 0.3) is 0 Å². The van der Waals surface area contributed by atoms with Gasteiger partial charge in [-0.15, -0.1) is 0 Å². The average molecular weight is 384 g/mol. The predicted molar refractivity (Wildman–Crippen MR) is 96.1 cm³/mol. The normalized spacial score (nSPS) is 12.9. The molecule has 2 aromatic carbocycles. The van der Waals surface area contributed by atoms with E-state index < -0.39 is 21.7 Å². The summed E-state index contributed by atoms with van der Waals surface area (Å²) in [4.78, 5) is 0.0908. The van der Waals surface area contributed by atoms with Gasteiger partial charge in [-0.1, -0.05) is 29.8 Å². The van der Waals surface area contributed by atoms with Gasteiger partial charge in [0.15, 0.2) is 9.84 Å². The van der Waals surface area contributed by atoms with Crippen LogP contribution in [-0.2, 0) is 16.4 Å². The first kappa shape index (κ1) is 20.0. The lowest BCUT2D eigenvalue weighted by molar-refractivity contribution is -0.0594. The van der Waals surface area contributed by atoms with E-state index in [1.165, 1.54) is 29.3 Å². The van der Waals surface area contributed by atoms with Crippen LogP contribution in [-0.4, -0.2) is 26.6 Å². The molecule has 0 aliphatic heterocycles. The molecular weight excluding hydrogens is 365 g/mol. The molecule has 0 fully saturated rings. The number of aryl methyl sites for hydroxylation is 1. The van der Waals surface area contributed by atoms with Crippen LogP contribution in [0.3, 0.4) is 0 Å². The first-order valence-corrected chi connectivity index (χ1v) is 9.61. The molecule has 0 amide bonds. The minimum absolute atomic E-state index is 0.0908. The highest BCUT2D eigenvalue weighted by Crippen LogP contribution is 2.24. The fraction of sp³-hybridized carbons (Fsp3) is 0.278. The van der Waals surface area contributed by atoms with E-state index in [9.17, 15) is 21.6 Å². The molecular formula is C18H19F3N2O2S. The van der Waals surface area contributed by atoms with Gasteiger partial charge in [-0.2, -0.15) is 18.3 Å².